The van der Waals surface area contributed by atoms with Crippen LogP contribution < -0.4 is 10.9 Å². The van der Waals surface area contributed by atoms with Crippen LogP contribution >= 0.6 is 0 Å². The van der Waals surface area contributed by atoms with Crippen molar-refractivity contribution in [3.05, 3.63) is 75.8 Å². The number of rotatable bonds is 6. The van der Waals surface area contributed by atoms with Crippen LogP contribution in [0.15, 0.2) is 57.7 Å². The Bertz CT molecular complexity index is 1160. The van der Waals surface area contributed by atoms with E-state index in [1.165, 1.54) is 11.1 Å². The largest absolute Gasteiger partial charge is 0.449 e. The molecule has 2 heterocycles. The van der Waals surface area contributed by atoms with E-state index in [1.54, 1.807) is 0 Å². The van der Waals surface area contributed by atoms with Crippen LogP contribution in [-0.4, -0.2) is 9.97 Å². The first-order chi connectivity index (χ1) is 13.6. The van der Waals surface area contributed by atoms with Gasteiger partial charge in [-0.15, -0.1) is 0 Å². The zero-order valence-corrected chi connectivity index (χ0v) is 16.5. The Morgan fingerprint density at radius 3 is 2.57 bits per heavy atom. The van der Waals surface area contributed by atoms with E-state index in [9.17, 15) is 4.79 Å². The second kappa shape index (κ2) is 7.60. The Labute approximate surface area is 163 Å². The predicted molar refractivity (Wildman–Crippen MR) is 111 cm³/mol. The van der Waals surface area contributed by atoms with E-state index in [4.69, 9.17) is 9.40 Å². The number of nitrogens with one attached hydrogen (secondary N) is 1. The number of H-pyrrole nitrogens is 1. The minimum absolute atomic E-state index is 0.224. The van der Waals surface area contributed by atoms with Gasteiger partial charge in [-0.1, -0.05) is 57.2 Å². The van der Waals surface area contributed by atoms with Crippen molar-refractivity contribution in [1.29, 1.82) is 0 Å². The average Bonchev–Trinajstić information content (AvgIpc) is 3.08. The van der Waals surface area contributed by atoms with Gasteiger partial charge in [0.15, 0.2) is 5.82 Å². The SMILES string of the molecule is CCc1ccc([C@H]([NH2+]Cc2nc3c(oc4ccccc43)c(=O)[nH]2)C(C)C)cc1. The van der Waals surface area contributed by atoms with Gasteiger partial charge in [0, 0.05) is 16.9 Å². The van der Waals surface area contributed by atoms with Crippen LogP contribution in [0, 0.1) is 5.92 Å². The molecule has 5 heteroatoms. The van der Waals surface area contributed by atoms with Crippen LogP contribution in [0.1, 0.15) is 43.8 Å². The molecule has 1 atom stereocenters. The Balaban J connectivity index is 1.62. The number of nitrogens with zero attached hydrogens (tertiary/aromatic N) is 1. The standard InChI is InChI=1S/C23H25N3O2/c1-4-15-9-11-16(12-10-15)20(14(2)3)24-13-19-25-21-17-7-5-6-8-18(17)28-22(21)23(27)26-19/h5-12,14,20,24H,4,13H2,1-3H3,(H,25,26,27)/p+1/t20-/m1/s1. The molecule has 0 aliphatic heterocycles. The minimum atomic E-state index is -0.224. The van der Waals surface area contributed by atoms with E-state index in [0.717, 1.165) is 11.8 Å². The molecule has 28 heavy (non-hydrogen) atoms. The van der Waals surface area contributed by atoms with Gasteiger partial charge >= 0.3 is 0 Å². The number of hydrogen-bond acceptors (Lipinski definition) is 3. The van der Waals surface area contributed by atoms with E-state index in [1.807, 2.05) is 24.3 Å². The average molecular weight is 376 g/mol. The number of fused-ring (bicyclic) bond motifs is 3. The summed E-state index contributed by atoms with van der Waals surface area (Å²) in [6.45, 7) is 7.21. The molecule has 4 aromatic rings. The number of aryl methyl sites for hydroxylation is 1. The van der Waals surface area contributed by atoms with Crippen LogP contribution in [0.3, 0.4) is 0 Å². The summed E-state index contributed by atoms with van der Waals surface area (Å²) in [6, 6.07) is 16.7. The molecule has 0 bridgehead atoms. The molecule has 0 aliphatic carbocycles. The third-order valence-electron chi connectivity index (χ3n) is 5.34. The van der Waals surface area contributed by atoms with Crippen molar-refractivity contribution in [2.45, 2.75) is 39.8 Å². The van der Waals surface area contributed by atoms with Crippen LogP contribution in [-0.2, 0) is 13.0 Å². The molecule has 3 N–H and O–H groups in total. The van der Waals surface area contributed by atoms with Gasteiger partial charge in [0.05, 0.1) is 0 Å². The van der Waals surface area contributed by atoms with Crippen molar-refractivity contribution >= 4 is 22.1 Å². The van der Waals surface area contributed by atoms with Crippen LogP contribution in [0.25, 0.3) is 22.1 Å². The lowest BCUT2D eigenvalue weighted by Crippen LogP contribution is -2.85. The number of hydrogen-bond donors (Lipinski definition) is 2. The molecule has 4 rings (SSSR count). The summed E-state index contributed by atoms with van der Waals surface area (Å²) in [7, 11) is 0. The summed E-state index contributed by atoms with van der Waals surface area (Å²) < 4.78 is 5.68. The second-order valence-electron chi connectivity index (χ2n) is 7.59. The fourth-order valence-electron chi connectivity index (χ4n) is 3.75. The van der Waals surface area contributed by atoms with Crippen LogP contribution in [0.4, 0.5) is 0 Å². The highest BCUT2D eigenvalue weighted by Gasteiger charge is 2.20. The lowest BCUT2D eigenvalue weighted by atomic mass is 9.95. The quantitative estimate of drug-likeness (QED) is 0.539. The number of para-hydroxylation sites is 1. The van der Waals surface area contributed by atoms with Crippen LogP contribution in [0.5, 0.6) is 0 Å². The van der Waals surface area contributed by atoms with E-state index in [0.29, 0.717) is 41.0 Å². The molecule has 0 unspecified atom stereocenters. The normalized spacial score (nSPS) is 12.9. The fraction of sp³-hybridized carbons (Fsp3) is 0.304. The van der Waals surface area contributed by atoms with Crippen molar-refractivity contribution in [2.24, 2.45) is 5.92 Å². The highest BCUT2D eigenvalue weighted by Crippen LogP contribution is 2.24. The van der Waals surface area contributed by atoms with Crippen molar-refractivity contribution in [3.8, 4) is 0 Å². The molecule has 0 saturated carbocycles. The number of aromatic nitrogens is 2. The number of quaternary nitrogens is 1. The molecule has 0 radical (unpaired) electrons. The highest BCUT2D eigenvalue weighted by atomic mass is 16.3. The maximum atomic E-state index is 12.5. The summed E-state index contributed by atoms with van der Waals surface area (Å²) >= 11 is 0. The van der Waals surface area contributed by atoms with Gasteiger partial charge in [0.2, 0.25) is 5.58 Å². The Morgan fingerprint density at radius 1 is 1.11 bits per heavy atom. The molecule has 0 spiro atoms. The van der Waals surface area contributed by atoms with Gasteiger partial charge in [-0.25, -0.2) is 4.98 Å². The summed E-state index contributed by atoms with van der Waals surface area (Å²) in [6.07, 6.45) is 1.04. The zero-order chi connectivity index (χ0) is 19.7. The summed E-state index contributed by atoms with van der Waals surface area (Å²) in [5.41, 5.74) is 4.03. The smallest absolute Gasteiger partial charge is 0.294 e. The summed E-state index contributed by atoms with van der Waals surface area (Å²) in [5.74, 6) is 1.12. The first kappa shape index (κ1) is 18.4. The third-order valence-corrected chi connectivity index (χ3v) is 5.34. The minimum Gasteiger partial charge on any atom is -0.449 e. The van der Waals surface area contributed by atoms with Gasteiger partial charge in [-0.3, -0.25) is 4.79 Å². The van der Waals surface area contributed by atoms with Crippen LogP contribution in [0.2, 0.25) is 0 Å². The fourth-order valence-corrected chi connectivity index (χ4v) is 3.75. The Hall–Kier alpha value is -2.92. The first-order valence-electron chi connectivity index (χ1n) is 9.89. The van der Waals surface area contributed by atoms with E-state index < -0.39 is 0 Å². The summed E-state index contributed by atoms with van der Waals surface area (Å²) in [4.78, 5) is 20.1. The first-order valence-corrected chi connectivity index (χ1v) is 9.89. The lowest BCUT2D eigenvalue weighted by Gasteiger charge is -2.19. The van der Waals surface area contributed by atoms with Crippen molar-refractivity contribution in [1.82, 2.24) is 9.97 Å². The molecular weight excluding hydrogens is 350 g/mol. The molecule has 5 nitrogen and oxygen atoms in total. The topological polar surface area (TPSA) is 75.5 Å². The predicted octanol–water partition coefficient (Wildman–Crippen LogP) is 3.69. The zero-order valence-electron chi connectivity index (χ0n) is 16.5. The Kier molecular flexibility index (Phi) is 5.01. The van der Waals surface area contributed by atoms with Gasteiger partial charge in [0.25, 0.3) is 5.56 Å². The van der Waals surface area contributed by atoms with Gasteiger partial charge in [-0.2, -0.15) is 0 Å². The maximum absolute atomic E-state index is 12.5. The molecule has 0 amide bonds. The third kappa shape index (κ3) is 3.45. The Morgan fingerprint density at radius 2 is 1.86 bits per heavy atom. The number of nitrogens with two attached hydrogens (primary N) is 1. The molecule has 144 valence electrons. The molecule has 2 aromatic heterocycles. The maximum Gasteiger partial charge on any atom is 0.294 e. The van der Waals surface area contributed by atoms with Gasteiger partial charge in [-0.05, 0) is 24.1 Å². The van der Waals surface area contributed by atoms with Gasteiger partial charge in [0.1, 0.15) is 23.7 Å². The highest BCUT2D eigenvalue weighted by molar-refractivity contribution is 6.01. The second-order valence-corrected chi connectivity index (χ2v) is 7.59. The van der Waals surface area contributed by atoms with E-state index in [-0.39, 0.29) is 5.56 Å². The van der Waals surface area contributed by atoms with Crippen molar-refractivity contribution in [2.75, 3.05) is 0 Å². The molecule has 0 saturated heterocycles. The molecular formula is C23H26N3O2+. The number of aromatic amines is 1. The number of furan rings is 1. The number of benzene rings is 2. The van der Waals surface area contributed by atoms with Crippen molar-refractivity contribution < 1.29 is 9.73 Å². The van der Waals surface area contributed by atoms with Crippen molar-refractivity contribution in [3.63, 3.8) is 0 Å². The lowest BCUT2D eigenvalue weighted by molar-refractivity contribution is -0.718. The molecule has 2 aromatic carbocycles. The molecule has 0 aliphatic rings. The van der Waals surface area contributed by atoms with E-state index >= 15 is 0 Å². The summed E-state index contributed by atoms with van der Waals surface area (Å²) in [5, 5.41) is 3.12. The van der Waals surface area contributed by atoms with Gasteiger partial charge < -0.3 is 14.7 Å². The monoisotopic (exact) mass is 376 g/mol. The molecule has 0 fully saturated rings. The van der Waals surface area contributed by atoms with E-state index in [2.05, 4.69) is 55.3 Å².